The highest BCUT2D eigenvalue weighted by molar-refractivity contribution is 7.89. The summed E-state index contributed by atoms with van der Waals surface area (Å²) in [5.41, 5.74) is 1.65. The van der Waals surface area contributed by atoms with Gasteiger partial charge < -0.3 is 9.84 Å². The lowest BCUT2D eigenvalue weighted by Gasteiger charge is -2.07. The quantitative estimate of drug-likeness (QED) is 0.811. The third-order valence-corrected chi connectivity index (χ3v) is 4.30. The highest BCUT2D eigenvalue weighted by atomic mass is 32.2. The van der Waals surface area contributed by atoms with E-state index in [1.807, 2.05) is 13.0 Å². The summed E-state index contributed by atoms with van der Waals surface area (Å²) in [5.74, 6) is 0.486. The summed E-state index contributed by atoms with van der Waals surface area (Å²) in [6.45, 7) is 5.34. The van der Waals surface area contributed by atoms with Gasteiger partial charge in [0.05, 0.1) is 17.1 Å². The van der Waals surface area contributed by atoms with Gasteiger partial charge in [0.2, 0.25) is 10.0 Å². The van der Waals surface area contributed by atoms with Crippen molar-refractivity contribution in [1.29, 1.82) is 0 Å². The van der Waals surface area contributed by atoms with Gasteiger partial charge in [-0.3, -0.25) is 0 Å². The molecule has 0 atom stereocenters. The lowest BCUT2D eigenvalue weighted by Crippen LogP contribution is -2.23. The SMILES string of the molecule is CCNCc1cccc(S(=O)(=O)NCc2cc(C)no2)c1. The molecule has 0 fully saturated rings. The van der Waals surface area contributed by atoms with Crippen molar-refractivity contribution in [3.63, 3.8) is 0 Å². The number of sulfonamides is 1. The molecule has 1 aromatic heterocycles. The summed E-state index contributed by atoms with van der Waals surface area (Å²) in [6.07, 6.45) is 0. The summed E-state index contributed by atoms with van der Waals surface area (Å²) in [5, 5.41) is 6.89. The highest BCUT2D eigenvalue weighted by Crippen LogP contribution is 2.12. The molecule has 21 heavy (non-hydrogen) atoms. The van der Waals surface area contributed by atoms with Crippen molar-refractivity contribution in [2.75, 3.05) is 6.54 Å². The van der Waals surface area contributed by atoms with Gasteiger partial charge in [-0.1, -0.05) is 24.2 Å². The van der Waals surface area contributed by atoms with Crippen LogP contribution in [0.3, 0.4) is 0 Å². The molecule has 0 radical (unpaired) electrons. The van der Waals surface area contributed by atoms with Crippen molar-refractivity contribution in [3.8, 4) is 0 Å². The maximum absolute atomic E-state index is 12.2. The van der Waals surface area contributed by atoms with Gasteiger partial charge in [0.25, 0.3) is 0 Å². The van der Waals surface area contributed by atoms with Crippen molar-refractivity contribution in [1.82, 2.24) is 15.2 Å². The van der Waals surface area contributed by atoms with E-state index in [4.69, 9.17) is 4.52 Å². The Morgan fingerprint density at radius 1 is 1.24 bits per heavy atom. The number of nitrogens with zero attached hydrogens (tertiary/aromatic N) is 1. The summed E-state index contributed by atoms with van der Waals surface area (Å²) in [4.78, 5) is 0.245. The Hall–Kier alpha value is -1.70. The number of hydrogen-bond acceptors (Lipinski definition) is 5. The van der Waals surface area contributed by atoms with Crippen LogP contribution in [0.25, 0.3) is 0 Å². The van der Waals surface area contributed by atoms with Crippen molar-refractivity contribution in [3.05, 3.63) is 47.3 Å². The fourth-order valence-corrected chi connectivity index (χ4v) is 2.90. The fourth-order valence-electron chi connectivity index (χ4n) is 1.84. The molecule has 0 aliphatic rings. The molecule has 1 aromatic carbocycles. The van der Waals surface area contributed by atoms with E-state index in [1.54, 1.807) is 31.2 Å². The normalized spacial score (nSPS) is 11.7. The number of aryl methyl sites for hydroxylation is 1. The first kappa shape index (κ1) is 15.7. The van der Waals surface area contributed by atoms with Crippen LogP contribution in [0.2, 0.25) is 0 Å². The Balaban J connectivity index is 2.08. The maximum atomic E-state index is 12.2. The Labute approximate surface area is 124 Å². The van der Waals surface area contributed by atoms with Gasteiger partial charge in [-0.15, -0.1) is 0 Å². The topological polar surface area (TPSA) is 84.2 Å². The van der Waals surface area contributed by atoms with Crippen molar-refractivity contribution in [2.24, 2.45) is 0 Å². The highest BCUT2D eigenvalue weighted by Gasteiger charge is 2.15. The van der Waals surface area contributed by atoms with E-state index in [9.17, 15) is 8.42 Å². The molecule has 0 aliphatic carbocycles. The first-order chi connectivity index (χ1) is 10.0. The van der Waals surface area contributed by atoms with Crippen LogP contribution in [0.15, 0.2) is 39.8 Å². The molecular formula is C14H19N3O3S. The summed E-state index contributed by atoms with van der Waals surface area (Å²) >= 11 is 0. The van der Waals surface area contributed by atoms with E-state index < -0.39 is 10.0 Å². The third-order valence-electron chi connectivity index (χ3n) is 2.90. The number of hydrogen-bond donors (Lipinski definition) is 2. The first-order valence-electron chi connectivity index (χ1n) is 6.73. The zero-order valence-electron chi connectivity index (χ0n) is 12.1. The van der Waals surface area contributed by atoms with Gasteiger partial charge >= 0.3 is 0 Å². The standard InChI is InChI=1S/C14H19N3O3S/c1-3-15-9-12-5-4-6-14(8-12)21(18,19)16-10-13-7-11(2)17-20-13/h4-8,15-16H,3,9-10H2,1-2H3. The predicted octanol–water partition coefficient (Wildman–Crippen LogP) is 1.57. The van der Waals surface area contributed by atoms with Crippen molar-refractivity contribution < 1.29 is 12.9 Å². The molecule has 0 saturated carbocycles. The largest absolute Gasteiger partial charge is 0.360 e. The minimum absolute atomic E-state index is 0.0839. The molecule has 6 nitrogen and oxygen atoms in total. The van der Waals surface area contributed by atoms with E-state index in [2.05, 4.69) is 15.2 Å². The molecule has 2 aromatic rings. The Morgan fingerprint density at radius 2 is 2.05 bits per heavy atom. The van der Waals surface area contributed by atoms with Gasteiger partial charge in [0, 0.05) is 12.6 Å². The average molecular weight is 309 g/mol. The van der Waals surface area contributed by atoms with Crippen molar-refractivity contribution >= 4 is 10.0 Å². The van der Waals surface area contributed by atoms with E-state index in [-0.39, 0.29) is 11.4 Å². The third kappa shape index (κ3) is 4.38. The monoisotopic (exact) mass is 309 g/mol. The molecule has 7 heteroatoms. The van der Waals surface area contributed by atoms with E-state index >= 15 is 0 Å². The number of rotatable bonds is 7. The van der Waals surface area contributed by atoms with Gasteiger partial charge in [0.1, 0.15) is 0 Å². The lowest BCUT2D eigenvalue weighted by molar-refractivity contribution is 0.377. The van der Waals surface area contributed by atoms with Crippen LogP contribution < -0.4 is 10.0 Å². The Kier molecular flexibility index (Phi) is 5.11. The molecule has 0 bridgehead atoms. The second-order valence-electron chi connectivity index (χ2n) is 4.69. The second kappa shape index (κ2) is 6.84. The molecule has 2 N–H and O–H groups in total. The van der Waals surface area contributed by atoms with Crippen molar-refractivity contribution in [2.45, 2.75) is 31.8 Å². The van der Waals surface area contributed by atoms with Crippen LogP contribution in [0, 0.1) is 6.92 Å². The summed E-state index contributed by atoms with van der Waals surface area (Å²) < 4.78 is 32.0. The molecule has 0 amide bonds. The Bertz CT molecular complexity index is 695. The van der Waals surface area contributed by atoms with Crippen LogP contribution in [-0.4, -0.2) is 20.1 Å². The molecule has 114 valence electrons. The first-order valence-corrected chi connectivity index (χ1v) is 8.21. The van der Waals surface area contributed by atoms with Gasteiger partial charge in [0.15, 0.2) is 5.76 Å². The predicted molar refractivity (Wildman–Crippen MR) is 79.1 cm³/mol. The second-order valence-corrected chi connectivity index (χ2v) is 6.45. The zero-order valence-corrected chi connectivity index (χ0v) is 12.9. The number of aromatic nitrogens is 1. The van der Waals surface area contributed by atoms with Crippen LogP contribution in [0.5, 0.6) is 0 Å². The molecule has 0 unspecified atom stereocenters. The minimum Gasteiger partial charge on any atom is -0.360 e. The van der Waals surface area contributed by atoms with Crippen LogP contribution in [0.1, 0.15) is 23.9 Å². The van der Waals surface area contributed by atoms with E-state index in [1.165, 1.54) is 0 Å². The lowest BCUT2D eigenvalue weighted by atomic mass is 10.2. The molecule has 2 rings (SSSR count). The van der Waals surface area contributed by atoms with Gasteiger partial charge in [-0.05, 0) is 31.2 Å². The molecule has 0 aliphatic heterocycles. The fraction of sp³-hybridized carbons (Fsp3) is 0.357. The minimum atomic E-state index is -3.56. The van der Waals surface area contributed by atoms with Crippen LogP contribution in [0.4, 0.5) is 0 Å². The molecule has 0 saturated heterocycles. The molecule has 1 heterocycles. The summed E-state index contributed by atoms with van der Waals surface area (Å²) in [6, 6.07) is 8.56. The molecule has 0 spiro atoms. The van der Waals surface area contributed by atoms with E-state index in [0.29, 0.717) is 12.3 Å². The van der Waals surface area contributed by atoms with Crippen LogP contribution >= 0.6 is 0 Å². The van der Waals surface area contributed by atoms with Crippen LogP contribution in [-0.2, 0) is 23.1 Å². The zero-order chi connectivity index (χ0) is 15.3. The van der Waals surface area contributed by atoms with Gasteiger partial charge in [-0.25, -0.2) is 13.1 Å². The molecular weight excluding hydrogens is 290 g/mol. The smallest absolute Gasteiger partial charge is 0.240 e. The Morgan fingerprint density at radius 3 is 2.71 bits per heavy atom. The van der Waals surface area contributed by atoms with E-state index in [0.717, 1.165) is 17.8 Å². The number of nitrogens with one attached hydrogen (secondary N) is 2. The average Bonchev–Trinajstić information content (AvgIpc) is 2.89. The summed E-state index contributed by atoms with van der Waals surface area (Å²) in [7, 11) is -3.56. The number of benzene rings is 1. The van der Waals surface area contributed by atoms with Gasteiger partial charge in [-0.2, -0.15) is 0 Å². The maximum Gasteiger partial charge on any atom is 0.240 e.